The van der Waals surface area contributed by atoms with E-state index in [1.54, 1.807) is 0 Å². The molecule has 0 saturated carbocycles. The van der Waals surface area contributed by atoms with Crippen molar-refractivity contribution in [2.75, 3.05) is 0 Å². The number of aryl methyl sites for hydroxylation is 1. The van der Waals surface area contributed by atoms with E-state index in [2.05, 4.69) is 11.9 Å². The summed E-state index contributed by atoms with van der Waals surface area (Å²) in [5.41, 5.74) is 10.6. The van der Waals surface area contributed by atoms with Crippen LogP contribution in [0.5, 0.6) is 0 Å². The van der Waals surface area contributed by atoms with E-state index in [1.165, 1.54) is 17.7 Å². The summed E-state index contributed by atoms with van der Waals surface area (Å²) in [4.78, 5) is 15.5. The molecular formula is C13H18N2O. The second kappa shape index (κ2) is 3.45. The van der Waals surface area contributed by atoms with E-state index < -0.39 is 0 Å². The zero-order chi connectivity index (χ0) is 11.3. The molecular weight excluding hydrogens is 200 g/mol. The Bertz CT molecular complexity index is 447. The van der Waals surface area contributed by atoms with Gasteiger partial charge in [-0.3, -0.25) is 4.79 Å². The molecule has 3 N–H and O–H groups in total. The van der Waals surface area contributed by atoms with E-state index in [4.69, 9.17) is 5.73 Å². The Hall–Kier alpha value is -1.09. The number of H-pyrrole nitrogens is 1. The Morgan fingerprint density at radius 3 is 2.88 bits per heavy atom. The van der Waals surface area contributed by atoms with Gasteiger partial charge in [0.15, 0.2) is 5.78 Å². The molecule has 2 aliphatic rings. The number of ketones is 1. The van der Waals surface area contributed by atoms with Crippen LogP contribution in [0.3, 0.4) is 0 Å². The van der Waals surface area contributed by atoms with Crippen molar-refractivity contribution in [3.8, 4) is 0 Å². The summed E-state index contributed by atoms with van der Waals surface area (Å²) in [5, 5.41) is 0. The summed E-state index contributed by atoms with van der Waals surface area (Å²) in [6.07, 6.45) is 4.73. The first-order valence-corrected chi connectivity index (χ1v) is 6.16. The number of nitrogens with two attached hydrogens (primary N) is 1. The Labute approximate surface area is 95.4 Å². The van der Waals surface area contributed by atoms with Crippen LogP contribution in [-0.2, 0) is 19.3 Å². The summed E-state index contributed by atoms with van der Waals surface area (Å²) in [7, 11) is 0. The molecule has 3 heteroatoms. The largest absolute Gasteiger partial charge is 0.361 e. The minimum atomic E-state index is 0.0116. The number of Topliss-reactive ketones (excluding diaryl/α,β-unsaturated/α-hetero) is 1. The maximum atomic E-state index is 12.0. The van der Waals surface area contributed by atoms with Gasteiger partial charge in [-0.25, -0.2) is 0 Å². The van der Waals surface area contributed by atoms with Gasteiger partial charge in [0, 0.05) is 35.8 Å². The average Bonchev–Trinajstić information content (AvgIpc) is 2.54. The monoisotopic (exact) mass is 218 g/mol. The lowest BCUT2D eigenvalue weighted by molar-refractivity contribution is 0.0964. The first-order valence-electron chi connectivity index (χ1n) is 6.16. The first-order chi connectivity index (χ1) is 7.65. The lowest BCUT2D eigenvalue weighted by Gasteiger charge is -2.21. The fourth-order valence-corrected chi connectivity index (χ4v) is 3.10. The van der Waals surface area contributed by atoms with Crippen LogP contribution >= 0.6 is 0 Å². The van der Waals surface area contributed by atoms with Crippen molar-refractivity contribution in [1.29, 1.82) is 0 Å². The molecule has 2 aliphatic carbocycles. The van der Waals surface area contributed by atoms with E-state index in [1.807, 2.05) is 0 Å². The Morgan fingerprint density at radius 2 is 2.06 bits per heavy atom. The van der Waals surface area contributed by atoms with E-state index >= 15 is 0 Å². The molecule has 3 nitrogen and oxygen atoms in total. The van der Waals surface area contributed by atoms with Crippen molar-refractivity contribution in [2.24, 2.45) is 11.7 Å². The summed E-state index contributed by atoms with van der Waals surface area (Å²) in [6.45, 7) is 2.27. The number of hydrogen-bond donors (Lipinski definition) is 2. The molecule has 0 aromatic carbocycles. The van der Waals surface area contributed by atoms with Gasteiger partial charge >= 0.3 is 0 Å². The highest BCUT2D eigenvalue weighted by Crippen LogP contribution is 2.33. The van der Waals surface area contributed by atoms with Gasteiger partial charge in [0.05, 0.1) is 0 Å². The van der Waals surface area contributed by atoms with Crippen LogP contribution in [0.1, 0.15) is 47.1 Å². The molecule has 2 unspecified atom stereocenters. The molecule has 0 bridgehead atoms. The predicted octanol–water partition coefficient (Wildman–Crippen LogP) is 1.60. The van der Waals surface area contributed by atoms with Crippen LogP contribution in [0, 0.1) is 5.92 Å². The van der Waals surface area contributed by atoms with Crippen LogP contribution in [0.4, 0.5) is 0 Å². The standard InChI is InChI=1S/C13H18N2O/c1-7-2-3-10-9(4-7)13-11(15-10)5-8(14)6-12(13)16/h7-8,15H,2-6,14H2,1H3. The highest BCUT2D eigenvalue weighted by Gasteiger charge is 2.31. The van der Waals surface area contributed by atoms with Crippen molar-refractivity contribution in [1.82, 2.24) is 4.98 Å². The molecule has 0 fully saturated rings. The minimum Gasteiger partial charge on any atom is -0.361 e. The molecule has 86 valence electrons. The van der Waals surface area contributed by atoms with Crippen LogP contribution < -0.4 is 5.73 Å². The second-order valence-electron chi connectivity index (χ2n) is 5.38. The maximum absolute atomic E-state index is 12.0. The number of nitrogens with one attached hydrogen (secondary N) is 1. The SMILES string of the molecule is CC1CCc2[nH]c3c(c2C1)C(=O)CC(N)C3. The smallest absolute Gasteiger partial charge is 0.166 e. The molecule has 1 aromatic heterocycles. The topological polar surface area (TPSA) is 58.9 Å². The molecule has 0 spiro atoms. The zero-order valence-corrected chi connectivity index (χ0v) is 9.68. The van der Waals surface area contributed by atoms with Crippen LogP contribution in [0.25, 0.3) is 0 Å². The lowest BCUT2D eigenvalue weighted by atomic mass is 9.83. The molecule has 0 saturated heterocycles. The average molecular weight is 218 g/mol. The van der Waals surface area contributed by atoms with Gasteiger partial charge in [-0.05, 0) is 30.7 Å². The summed E-state index contributed by atoms with van der Waals surface area (Å²) >= 11 is 0. The number of aromatic nitrogens is 1. The van der Waals surface area contributed by atoms with Crippen LogP contribution in [0.2, 0.25) is 0 Å². The Kier molecular flexibility index (Phi) is 2.18. The number of hydrogen-bond acceptors (Lipinski definition) is 2. The number of aromatic amines is 1. The van der Waals surface area contributed by atoms with Gasteiger partial charge in [0.25, 0.3) is 0 Å². The third-order valence-corrected chi connectivity index (χ3v) is 3.90. The lowest BCUT2D eigenvalue weighted by Crippen LogP contribution is -2.31. The van der Waals surface area contributed by atoms with Gasteiger partial charge in [0.1, 0.15) is 0 Å². The van der Waals surface area contributed by atoms with Gasteiger partial charge < -0.3 is 10.7 Å². The summed E-state index contributed by atoms with van der Waals surface area (Å²) in [5.74, 6) is 0.955. The van der Waals surface area contributed by atoms with Crippen LogP contribution in [0.15, 0.2) is 0 Å². The van der Waals surface area contributed by atoms with Crippen molar-refractivity contribution in [2.45, 2.75) is 45.1 Å². The van der Waals surface area contributed by atoms with E-state index in [0.29, 0.717) is 12.3 Å². The van der Waals surface area contributed by atoms with Gasteiger partial charge in [-0.15, -0.1) is 0 Å². The molecule has 0 amide bonds. The summed E-state index contributed by atoms with van der Waals surface area (Å²) < 4.78 is 0. The van der Waals surface area contributed by atoms with E-state index in [9.17, 15) is 4.79 Å². The molecule has 1 heterocycles. The molecule has 16 heavy (non-hydrogen) atoms. The zero-order valence-electron chi connectivity index (χ0n) is 9.68. The Balaban J connectivity index is 2.09. The molecule has 3 rings (SSSR count). The summed E-state index contributed by atoms with van der Waals surface area (Å²) in [6, 6.07) is 0.0116. The van der Waals surface area contributed by atoms with Gasteiger partial charge in [-0.2, -0.15) is 0 Å². The maximum Gasteiger partial charge on any atom is 0.166 e. The van der Waals surface area contributed by atoms with E-state index in [-0.39, 0.29) is 11.8 Å². The predicted molar refractivity (Wildman–Crippen MR) is 62.6 cm³/mol. The van der Waals surface area contributed by atoms with Crippen molar-refractivity contribution < 1.29 is 4.79 Å². The fraction of sp³-hybridized carbons (Fsp3) is 0.615. The third-order valence-electron chi connectivity index (χ3n) is 3.90. The van der Waals surface area contributed by atoms with E-state index in [0.717, 1.165) is 30.5 Å². The fourth-order valence-electron chi connectivity index (χ4n) is 3.10. The van der Waals surface area contributed by atoms with Crippen molar-refractivity contribution in [3.05, 3.63) is 22.5 Å². The quantitative estimate of drug-likeness (QED) is 0.695. The number of carbonyl (C=O) groups is 1. The molecule has 0 aliphatic heterocycles. The minimum absolute atomic E-state index is 0.0116. The third kappa shape index (κ3) is 1.42. The van der Waals surface area contributed by atoms with Gasteiger partial charge in [0.2, 0.25) is 0 Å². The molecule has 2 atom stereocenters. The Morgan fingerprint density at radius 1 is 1.25 bits per heavy atom. The number of rotatable bonds is 0. The number of fused-ring (bicyclic) bond motifs is 3. The number of carbonyl (C=O) groups excluding carboxylic acids is 1. The van der Waals surface area contributed by atoms with Crippen molar-refractivity contribution in [3.63, 3.8) is 0 Å². The first kappa shape index (κ1) is 10.1. The molecule has 1 aromatic rings. The second-order valence-corrected chi connectivity index (χ2v) is 5.38. The highest BCUT2D eigenvalue weighted by molar-refractivity contribution is 6.00. The highest BCUT2D eigenvalue weighted by atomic mass is 16.1. The van der Waals surface area contributed by atoms with Gasteiger partial charge in [-0.1, -0.05) is 6.92 Å². The van der Waals surface area contributed by atoms with Crippen molar-refractivity contribution >= 4 is 5.78 Å². The normalized spacial score (nSPS) is 28.8. The molecule has 0 radical (unpaired) electrons. The van der Waals surface area contributed by atoms with Crippen LogP contribution in [-0.4, -0.2) is 16.8 Å².